The molecule has 0 saturated heterocycles. The van der Waals surface area contributed by atoms with E-state index in [1.54, 1.807) is 24.2 Å². The Hall–Kier alpha value is -0.747. The molecule has 0 aromatic heterocycles. The number of halogens is 2. The Morgan fingerprint density at radius 3 is 2.21 bits per heavy atom. The maximum atomic E-state index is 3.45. The number of fused-ring (bicyclic) bond motifs is 3. The summed E-state index contributed by atoms with van der Waals surface area (Å²) in [6, 6.07) is 14.5. The molecule has 1 atom stereocenters. The molecule has 0 N–H and O–H groups in total. The molecule has 1 unspecified atom stereocenters. The molecule has 0 radical (unpaired) electrons. The molecule has 2 aliphatic rings. The zero-order valence-electron chi connectivity index (χ0n) is 22.2. The van der Waals surface area contributed by atoms with E-state index in [-0.39, 0.29) is 24.8 Å². The molecule has 0 amide bonds. The summed E-state index contributed by atoms with van der Waals surface area (Å²) >= 11 is 1.55. The monoisotopic (exact) mass is 572 g/mol. The van der Waals surface area contributed by atoms with Gasteiger partial charge in [-0.15, -0.1) is 11.1 Å². The third-order valence-corrected chi connectivity index (χ3v) is 5.66. The molecule has 0 aliphatic heterocycles. The summed E-state index contributed by atoms with van der Waals surface area (Å²) in [6.45, 7) is 17.5. The standard InChI is InChI=1S/C15H13.C13H21.C3H6.2ClH.Zr/c1-10-3-5-14-12(7-10)9-13-8-11(2)4-6-15(13)14;1-5-6-7-11-8-9-12(10-11)13(2,3)4;1-3-2;;;/h3-7H,9H2,1-2H3;9-11H,5-7H2,1-4H3;1-2H3;2*1H;/q2*-1;;;;+2/p-2. The van der Waals surface area contributed by atoms with Crippen LogP contribution in [-0.2, 0) is 30.7 Å². The van der Waals surface area contributed by atoms with Crippen LogP contribution >= 0.6 is 0 Å². The summed E-state index contributed by atoms with van der Waals surface area (Å²) in [5.74, 6) is 0.592. The molecule has 0 saturated carbocycles. The Bertz CT molecular complexity index is 939. The fourth-order valence-corrected chi connectivity index (χ4v) is 3.94. The van der Waals surface area contributed by atoms with E-state index in [2.05, 4.69) is 110 Å². The van der Waals surface area contributed by atoms with Crippen molar-refractivity contribution < 1.29 is 49.0 Å². The van der Waals surface area contributed by atoms with Crippen molar-refractivity contribution in [2.75, 3.05) is 0 Å². The predicted octanol–water partition coefficient (Wildman–Crippen LogP) is 2.57. The van der Waals surface area contributed by atoms with Crippen molar-refractivity contribution in [3.05, 3.63) is 82.5 Å². The van der Waals surface area contributed by atoms with E-state index >= 15 is 0 Å². The van der Waals surface area contributed by atoms with E-state index in [0.717, 1.165) is 6.42 Å². The third kappa shape index (κ3) is 10.5. The van der Waals surface area contributed by atoms with Crippen LogP contribution in [0.15, 0.2) is 48.1 Å². The number of allylic oxidation sites excluding steroid dienone is 4. The van der Waals surface area contributed by atoms with E-state index < -0.39 is 0 Å². The molecule has 34 heavy (non-hydrogen) atoms. The van der Waals surface area contributed by atoms with Crippen LogP contribution < -0.4 is 24.8 Å². The van der Waals surface area contributed by atoms with Crippen LogP contribution in [-0.4, -0.2) is 3.21 Å². The fourth-order valence-electron chi connectivity index (χ4n) is 3.94. The zero-order valence-corrected chi connectivity index (χ0v) is 26.2. The van der Waals surface area contributed by atoms with Crippen LogP contribution in [0.3, 0.4) is 0 Å². The maximum absolute atomic E-state index is 3.45. The smallest absolute Gasteiger partial charge is 0.0253 e. The van der Waals surface area contributed by atoms with Gasteiger partial charge in [0.1, 0.15) is 0 Å². The maximum Gasteiger partial charge on any atom is -0.0253 e. The molecule has 2 aliphatic carbocycles. The minimum atomic E-state index is 0. The summed E-state index contributed by atoms with van der Waals surface area (Å²) in [5, 5.41) is 0. The van der Waals surface area contributed by atoms with Crippen molar-refractivity contribution in [3.8, 4) is 11.1 Å². The Morgan fingerprint density at radius 2 is 1.65 bits per heavy atom. The van der Waals surface area contributed by atoms with Crippen molar-refractivity contribution in [2.24, 2.45) is 11.3 Å². The van der Waals surface area contributed by atoms with Gasteiger partial charge in [-0.1, -0.05) is 94.5 Å². The van der Waals surface area contributed by atoms with Crippen molar-refractivity contribution in [2.45, 2.75) is 81.1 Å². The second-order valence-electron chi connectivity index (χ2n) is 10.3. The molecular formula is C31H40Cl2Zr-2. The molecule has 2 aromatic rings. The summed E-state index contributed by atoms with van der Waals surface area (Å²) in [5.41, 5.74) is 9.91. The molecule has 0 heterocycles. The quantitative estimate of drug-likeness (QED) is 0.422. The molecule has 184 valence electrons. The van der Waals surface area contributed by atoms with E-state index in [4.69, 9.17) is 0 Å². The van der Waals surface area contributed by atoms with E-state index in [9.17, 15) is 0 Å². The van der Waals surface area contributed by atoms with Crippen LogP contribution in [0.4, 0.5) is 0 Å². The average Bonchev–Trinajstić information content (AvgIpc) is 3.29. The summed E-state index contributed by atoms with van der Waals surface area (Å²) in [4.78, 5) is 0. The first-order chi connectivity index (χ1) is 15.0. The van der Waals surface area contributed by atoms with Gasteiger partial charge in [-0.05, 0) is 18.9 Å². The Kier molecular flexibility index (Phi) is 15.0. The molecule has 0 fully saturated rings. The normalized spacial score (nSPS) is 14.8. The van der Waals surface area contributed by atoms with Crippen molar-refractivity contribution in [1.82, 2.24) is 0 Å². The Morgan fingerprint density at radius 1 is 1.03 bits per heavy atom. The van der Waals surface area contributed by atoms with Gasteiger partial charge in [0.15, 0.2) is 0 Å². The minimum absolute atomic E-state index is 0. The Labute approximate surface area is 236 Å². The summed E-state index contributed by atoms with van der Waals surface area (Å²) in [6.07, 6.45) is 12.9. The number of rotatable bonds is 3. The first-order valence-electron chi connectivity index (χ1n) is 12.0. The van der Waals surface area contributed by atoms with E-state index in [0.29, 0.717) is 11.3 Å². The van der Waals surface area contributed by atoms with Crippen LogP contribution in [0, 0.1) is 37.3 Å². The molecule has 2 aromatic carbocycles. The molecule has 0 spiro atoms. The molecule has 3 heteroatoms. The average molecular weight is 575 g/mol. The second-order valence-corrected chi connectivity index (χ2v) is 12.8. The summed E-state index contributed by atoms with van der Waals surface area (Å²) in [7, 11) is 0. The van der Waals surface area contributed by atoms with Gasteiger partial charge in [-0.3, -0.25) is 6.08 Å². The van der Waals surface area contributed by atoms with E-state index in [1.165, 1.54) is 61.4 Å². The summed E-state index contributed by atoms with van der Waals surface area (Å²) < 4.78 is 1.51. The number of aryl methyl sites for hydroxylation is 2. The molecule has 0 bridgehead atoms. The van der Waals surface area contributed by atoms with Gasteiger partial charge < -0.3 is 24.8 Å². The van der Waals surface area contributed by atoms with Gasteiger partial charge in [0.2, 0.25) is 0 Å². The van der Waals surface area contributed by atoms with Gasteiger partial charge in [-0.2, -0.15) is 35.4 Å². The Balaban J connectivity index is 0.000000533. The van der Waals surface area contributed by atoms with Gasteiger partial charge in [0.05, 0.1) is 0 Å². The fraction of sp³-hybridized carbons (Fsp3) is 0.452. The second kappa shape index (κ2) is 15.4. The number of unbranched alkanes of at least 4 members (excludes halogenated alkanes) is 1. The number of hydrogen-bond donors (Lipinski definition) is 0. The first-order valence-corrected chi connectivity index (χ1v) is 13.2. The predicted molar refractivity (Wildman–Crippen MR) is 138 cm³/mol. The van der Waals surface area contributed by atoms with Crippen molar-refractivity contribution in [1.29, 1.82) is 0 Å². The first kappa shape index (κ1) is 33.3. The van der Waals surface area contributed by atoms with Crippen molar-refractivity contribution in [3.63, 3.8) is 0 Å². The van der Waals surface area contributed by atoms with Gasteiger partial charge in [-0.25, -0.2) is 6.08 Å². The number of hydrogen-bond acceptors (Lipinski definition) is 0. The van der Waals surface area contributed by atoms with Gasteiger partial charge >= 0.3 is 41.3 Å². The van der Waals surface area contributed by atoms with Crippen LogP contribution in [0.25, 0.3) is 11.1 Å². The van der Waals surface area contributed by atoms with Gasteiger partial charge in [0, 0.05) is 0 Å². The van der Waals surface area contributed by atoms with Crippen LogP contribution in [0.2, 0.25) is 0 Å². The third-order valence-electron chi connectivity index (χ3n) is 5.66. The van der Waals surface area contributed by atoms with E-state index in [1.807, 2.05) is 0 Å². The SMILES string of the molecule is CCCCC1[C-]=CC(C(C)(C)C)=C1.C[C](C)=[Zr+2].Cc1[c-]c2c(cc1)-c1ccc(C)cc1C2.[Cl-].[Cl-]. The number of benzene rings is 2. The molecular weight excluding hydrogens is 534 g/mol. The van der Waals surface area contributed by atoms with Crippen molar-refractivity contribution >= 4 is 3.21 Å². The largest absolute Gasteiger partial charge is 1.00 e. The molecule has 4 rings (SSSR count). The van der Waals surface area contributed by atoms with Crippen LogP contribution in [0.5, 0.6) is 0 Å². The van der Waals surface area contributed by atoms with Crippen LogP contribution in [0.1, 0.15) is 83.1 Å². The molecule has 0 nitrogen and oxygen atoms in total. The zero-order chi connectivity index (χ0) is 23.9. The minimum Gasteiger partial charge on any atom is -1.00 e. The topological polar surface area (TPSA) is 0 Å². The van der Waals surface area contributed by atoms with Gasteiger partial charge in [0.25, 0.3) is 0 Å².